The highest BCUT2D eigenvalue weighted by Gasteiger charge is 2.23. The van der Waals surface area contributed by atoms with Crippen LogP contribution in [-0.4, -0.2) is 36.7 Å². The molecular weight excluding hydrogens is 278 g/mol. The number of benzene rings is 1. The van der Waals surface area contributed by atoms with Crippen molar-refractivity contribution in [3.63, 3.8) is 0 Å². The fourth-order valence-corrected chi connectivity index (χ4v) is 3.04. The Kier molecular flexibility index (Phi) is 2.96. The molecule has 0 unspecified atom stereocenters. The van der Waals surface area contributed by atoms with Crippen LogP contribution in [0, 0.1) is 6.92 Å². The van der Waals surface area contributed by atoms with Gasteiger partial charge in [0, 0.05) is 24.8 Å². The molecule has 1 aromatic carbocycles. The quantitative estimate of drug-likeness (QED) is 0.721. The van der Waals surface area contributed by atoms with Crippen molar-refractivity contribution in [3.05, 3.63) is 48.2 Å². The summed E-state index contributed by atoms with van der Waals surface area (Å²) in [5.74, 6) is 1.90. The summed E-state index contributed by atoms with van der Waals surface area (Å²) >= 11 is 0. The molecule has 6 heteroatoms. The smallest absolute Gasteiger partial charge is 0.242 e. The maximum Gasteiger partial charge on any atom is 0.242 e. The van der Waals surface area contributed by atoms with Crippen LogP contribution in [0.5, 0.6) is 0 Å². The van der Waals surface area contributed by atoms with Gasteiger partial charge in [-0.3, -0.25) is 4.79 Å². The van der Waals surface area contributed by atoms with Gasteiger partial charge in [-0.1, -0.05) is 18.2 Å². The van der Waals surface area contributed by atoms with Crippen molar-refractivity contribution in [2.24, 2.45) is 0 Å². The molecule has 1 amide bonds. The van der Waals surface area contributed by atoms with E-state index in [-0.39, 0.29) is 5.91 Å². The van der Waals surface area contributed by atoms with E-state index in [0.29, 0.717) is 19.6 Å². The summed E-state index contributed by atoms with van der Waals surface area (Å²) in [7, 11) is 0. The number of aromatic nitrogens is 4. The molecule has 0 radical (unpaired) electrons. The number of rotatable bonds is 2. The number of hydrogen-bond acceptors (Lipinski definition) is 3. The molecule has 4 rings (SSSR count). The molecule has 0 aliphatic carbocycles. The zero-order valence-electron chi connectivity index (χ0n) is 12.4. The molecule has 0 spiro atoms. The van der Waals surface area contributed by atoms with Gasteiger partial charge in [-0.15, -0.1) is 10.2 Å². The Balaban J connectivity index is 1.53. The molecule has 2 aromatic heterocycles. The van der Waals surface area contributed by atoms with Crippen LogP contribution in [0.3, 0.4) is 0 Å². The van der Waals surface area contributed by atoms with Crippen molar-refractivity contribution >= 4 is 16.8 Å². The summed E-state index contributed by atoms with van der Waals surface area (Å²) in [4.78, 5) is 14.4. The number of para-hydroxylation sites is 1. The second-order valence-electron chi connectivity index (χ2n) is 5.63. The van der Waals surface area contributed by atoms with E-state index < -0.39 is 0 Å². The fourth-order valence-electron chi connectivity index (χ4n) is 3.04. The van der Waals surface area contributed by atoms with Crippen LogP contribution in [0.15, 0.2) is 36.5 Å². The van der Waals surface area contributed by atoms with Crippen LogP contribution >= 0.6 is 0 Å². The summed E-state index contributed by atoms with van der Waals surface area (Å²) in [6, 6.07) is 10.1. The third-order valence-corrected chi connectivity index (χ3v) is 4.28. The third-order valence-electron chi connectivity index (χ3n) is 4.28. The monoisotopic (exact) mass is 295 g/mol. The minimum absolute atomic E-state index is 0.119. The van der Waals surface area contributed by atoms with E-state index in [4.69, 9.17) is 0 Å². The van der Waals surface area contributed by atoms with E-state index in [1.807, 2.05) is 46.9 Å². The molecule has 22 heavy (non-hydrogen) atoms. The molecule has 1 aliphatic heterocycles. The average molecular weight is 295 g/mol. The van der Waals surface area contributed by atoms with Crippen LogP contribution in [0.2, 0.25) is 0 Å². The molecule has 3 heterocycles. The van der Waals surface area contributed by atoms with Gasteiger partial charge in [-0.2, -0.15) is 0 Å². The van der Waals surface area contributed by atoms with E-state index >= 15 is 0 Å². The predicted octanol–water partition coefficient (Wildman–Crippen LogP) is 1.58. The second-order valence-corrected chi connectivity index (χ2v) is 5.63. The first-order valence-corrected chi connectivity index (χ1v) is 7.43. The fraction of sp³-hybridized carbons (Fsp3) is 0.312. The third kappa shape index (κ3) is 2.07. The number of hydrogen-bond donors (Lipinski definition) is 0. The minimum atomic E-state index is 0.119. The molecule has 0 atom stereocenters. The van der Waals surface area contributed by atoms with Gasteiger partial charge in [-0.05, 0) is 24.4 Å². The van der Waals surface area contributed by atoms with Gasteiger partial charge in [-0.25, -0.2) is 0 Å². The molecule has 112 valence electrons. The van der Waals surface area contributed by atoms with Gasteiger partial charge in [0.05, 0.1) is 6.54 Å². The maximum atomic E-state index is 12.6. The lowest BCUT2D eigenvalue weighted by molar-refractivity contribution is -0.133. The van der Waals surface area contributed by atoms with Crippen molar-refractivity contribution in [2.45, 2.75) is 26.6 Å². The van der Waals surface area contributed by atoms with Crippen molar-refractivity contribution in [2.75, 3.05) is 6.54 Å². The highest BCUT2D eigenvalue weighted by atomic mass is 16.2. The molecule has 0 saturated heterocycles. The van der Waals surface area contributed by atoms with E-state index in [1.54, 1.807) is 0 Å². The Morgan fingerprint density at radius 1 is 1.18 bits per heavy atom. The minimum Gasteiger partial charge on any atom is -0.338 e. The molecular formula is C16H17N5O. The molecule has 0 fully saturated rings. The number of amides is 1. The van der Waals surface area contributed by atoms with Crippen LogP contribution in [0.4, 0.5) is 0 Å². The SMILES string of the molecule is Cc1nnc2n1CCN(C(=O)Cn1ccc3ccccc31)C2. The van der Waals surface area contributed by atoms with Crippen LogP contribution in [-0.2, 0) is 24.4 Å². The van der Waals surface area contributed by atoms with Crippen molar-refractivity contribution in [3.8, 4) is 0 Å². The average Bonchev–Trinajstić information content (AvgIpc) is 3.12. The topological polar surface area (TPSA) is 56.0 Å². The Labute approximate surface area is 128 Å². The summed E-state index contributed by atoms with van der Waals surface area (Å²) in [6.07, 6.45) is 1.97. The number of fused-ring (bicyclic) bond motifs is 2. The molecule has 1 aliphatic rings. The van der Waals surface area contributed by atoms with E-state index in [1.165, 1.54) is 0 Å². The Morgan fingerprint density at radius 3 is 2.95 bits per heavy atom. The molecule has 3 aromatic rings. The van der Waals surface area contributed by atoms with Crippen LogP contribution in [0.25, 0.3) is 10.9 Å². The zero-order valence-corrected chi connectivity index (χ0v) is 12.4. The Morgan fingerprint density at radius 2 is 2.05 bits per heavy atom. The van der Waals surface area contributed by atoms with Gasteiger partial charge in [0.1, 0.15) is 12.4 Å². The van der Waals surface area contributed by atoms with Crippen molar-refractivity contribution < 1.29 is 4.79 Å². The van der Waals surface area contributed by atoms with Gasteiger partial charge in [0.15, 0.2) is 5.82 Å². The lowest BCUT2D eigenvalue weighted by atomic mass is 10.2. The van der Waals surface area contributed by atoms with E-state index in [2.05, 4.69) is 20.8 Å². The molecule has 0 N–H and O–H groups in total. The van der Waals surface area contributed by atoms with Crippen LogP contribution in [0.1, 0.15) is 11.6 Å². The maximum absolute atomic E-state index is 12.6. The second kappa shape index (κ2) is 4.98. The number of carbonyl (C=O) groups excluding carboxylic acids is 1. The first-order valence-electron chi connectivity index (χ1n) is 7.43. The predicted molar refractivity (Wildman–Crippen MR) is 82.1 cm³/mol. The molecule has 6 nitrogen and oxygen atoms in total. The number of aryl methyl sites for hydroxylation is 1. The largest absolute Gasteiger partial charge is 0.338 e. The zero-order chi connectivity index (χ0) is 15.1. The van der Waals surface area contributed by atoms with E-state index in [9.17, 15) is 4.79 Å². The summed E-state index contributed by atoms with van der Waals surface area (Å²) < 4.78 is 4.08. The van der Waals surface area contributed by atoms with Crippen LogP contribution < -0.4 is 0 Å². The number of carbonyl (C=O) groups is 1. The van der Waals surface area contributed by atoms with Gasteiger partial charge in [0.2, 0.25) is 5.91 Å². The highest BCUT2D eigenvalue weighted by Crippen LogP contribution is 2.17. The normalized spacial score (nSPS) is 14.3. The lowest BCUT2D eigenvalue weighted by Crippen LogP contribution is -2.40. The van der Waals surface area contributed by atoms with E-state index in [0.717, 1.165) is 29.1 Å². The lowest BCUT2D eigenvalue weighted by Gasteiger charge is -2.27. The molecule has 0 saturated carbocycles. The van der Waals surface area contributed by atoms with Crippen molar-refractivity contribution in [1.82, 2.24) is 24.2 Å². The summed E-state index contributed by atoms with van der Waals surface area (Å²) in [6.45, 7) is 4.33. The highest BCUT2D eigenvalue weighted by molar-refractivity contribution is 5.83. The van der Waals surface area contributed by atoms with Gasteiger partial charge < -0.3 is 14.0 Å². The standard InChI is InChI=1S/C16H17N5O/c1-12-17-18-15-10-20(8-9-21(12)15)16(22)11-19-7-6-13-4-2-3-5-14(13)19/h2-7H,8-11H2,1H3. The summed E-state index contributed by atoms with van der Waals surface area (Å²) in [5.41, 5.74) is 1.09. The van der Waals surface area contributed by atoms with Gasteiger partial charge >= 0.3 is 0 Å². The summed E-state index contributed by atoms with van der Waals surface area (Å²) in [5, 5.41) is 9.38. The van der Waals surface area contributed by atoms with Gasteiger partial charge in [0.25, 0.3) is 0 Å². The first-order chi connectivity index (χ1) is 10.7. The molecule has 0 bridgehead atoms. The number of nitrogens with zero attached hydrogens (tertiary/aromatic N) is 5. The first kappa shape index (κ1) is 13.1. The Bertz CT molecular complexity index is 847. The Hall–Kier alpha value is -2.63. The van der Waals surface area contributed by atoms with Crippen molar-refractivity contribution in [1.29, 1.82) is 0 Å².